The number of hydrogen-bond donors (Lipinski definition) is 2. The van der Waals surface area contributed by atoms with E-state index in [9.17, 15) is 12.8 Å². The van der Waals surface area contributed by atoms with Crippen molar-refractivity contribution in [3.8, 4) is 0 Å². The number of H-pyrrole nitrogens is 1. The minimum absolute atomic E-state index is 0.120. The number of sulfonamides is 1. The van der Waals surface area contributed by atoms with Crippen molar-refractivity contribution < 1.29 is 12.8 Å². The maximum absolute atomic E-state index is 13.3. The number of aromatic amines is 1. The standard InChI is InChI=1S/C9H9FN4O2S/c10-7-4-2-1-3-6(7)5-8-12-9(14-13-8)17(11,15)16/h1-4H,5H2,(H2,11,15,16)(H,12,13,14). The number of nitrogens with zero attached hydrogens (tertiary/aromatic N) is 2. The molecule has 6 nitrogen and oxygen atoms in total. The van der Waals surface area contributed by atoms with Crippen LogP contribution in [0.4, 0.5) is 4.39 Å². The van der Waals surface area contributed by atoms with Gasteiger partial charge in [-0.25, -0.2) is 22.9 Å². The molecule has 1 heterocycles. The topological polar surface area (TPSA) is 102 Å². The lowest BCUT2D eigenvalue weighted by Gasteiger charge is -1.98. The van der Waals surface area contributed by atoms with Gasteiger partial charge in [-0.2, -0.15) is 0 Å². The SMILES string of the molecule is NS(=O)(=O)c1n[nH]c(Cc2ccccc2F)n1. The first-order chi connectivity index (χ1) is 7.97. The Balaban J connectivity index is 2.26. The van der Waals surface area contributed by atoms with E-state index in [0.29, 0.717) is 5.56 Å². The maximum Gasteiger partial charge on any atom is 0.282 e. The van der Waals surface area contributed by atoms with Crippen LogP contribution in [0.5, 0.6) is 0 Å². The summed E-state index contributed by atoms with van der Waals surface area (Å²) in [5, 5.41) is 10.2. The third-order valence-corrected chi connectivity index (χ3v) is 2.77. The van der Waals surface area contributed by atoms with E-state index in [2.05, 4.69) is 15.2 Å². The van der Waals surface area contributed by atoms with Gasteiger partial charge in [-0.05, 0) is 11.6 Å². The monoisotopic (exact) mass is 256 g/mol. The van der Waals surface area contributed by atoms with Gasteiger partial charge < -0.3 is 0 Å². The van der Waals surface area contributed by atoms with Gasteiger partial charge >= 0.3 is 0 Å². The largest absolute Gasteiger partial charge is 0.282 e. The smallest absolute Gasteiger partial charge is 0.262 e. The molecule has 0 saturated heterocycles. The lowest BCUT2D eigenvalue weighted by atomic mass is 10.1. The second-order valence-electron chi connectivity index (χ2n) is 3.38. The predicted octanol–water partition coefficient (Wildman–Crippen LogP) is 0.182. The quantitative estimate of drug-likeness (QED) is 0.817. The van der Waals surface area contributed by atoms with E-state index in [-0.39, 0.29) is 18.1 Å². The Morgan fingerprint density at radius 2 is 2.06 bits per heavy atom. The van der Waals surface area contributed by atoms with E-state index in [1.807, 2.05) is 0 Å². The average molecular weight is 256 g/mol. The van der Waals surface area contributed by atoms with E-state index in [1.165, 1.54) is 6.07 Å². The predicted molar refractivity (Wildman–Crippen MR) is 57.0 cm³/mol. The molecule has 2 aromatic rings. The zero-order chi connectivity index (χ0) is 12.5. The number of nitrogens with two attached hydrogens (primary N) is 1. The van der Waals surface area contributed by atoms with Crippen LogP contribution in [0.2, 0.25) is 0 Å². The first-order valence-electron chi connectivity index (χ1n) is 4.64. The van der Waals surface area contributed by atoms with Gasteiger partial charge in [-0.1, -0.05) is 18.2 Å². The Labute approximate surface area is 96.7 Å². The van der Waals surface area contributed by atoms with Gasteiger partial charge in [-0.15, -0.1) is 5.10 Å². The summed E-state index contributed by atoms with van der Waals surface area (Å²) in [6.45, 7) is 0. The maximum atomic E-state index is 13.3. The summed E-state index contributed by atoms with van der Waals surface area (Å²) in [4.78, 5) is 3.67. The number of halogens is 1. The van der Waals surface area contributed by atoms with Crippen molar-refractivity contribution >= 4 is 10.0 Å². The molecule has 2 rings (SSSR count). The van der Waals surface area contributed by atoms with Gasteiger partial charge in [0.25, 0.3) is 15.2 Å². The Morgan fingerprint density at radius 3 is 2.65 bits per heavy atom. The van der Waals surface area contributed by atoms with E-state index in [0.717, 1.165) is 0 Å². The molecule has 0 aliphatic carbocycles. The summed E-state index contributed by atoms with van der Waals surface area (Å²) in [5.41, 5.74) is 0.393. The Hall–Kier alpha value is -1.80. The normalized spacial score (nSPS) is 11.6. The first kappa shape index (κ1) is 11.7. The summed E-state index contributed by atoms with van der Waals surface area (Å²) < 4.78 is 35.2. The van der Waals surface area contributed by atoms with Crippen LogP contribution in [0.3, 0.4) is 0 Å². The Bertz CT molecular complexity index is 638. The van der Waals surface area contributed by atoms with Crippen molar-refractivity contribution in [1.82, 2.24) is 15.2 Å². The number of aromatic nitrogens is 3. The molecule has 3 N–H and O–H groups in total. The highest BCUT2D eigenvalue weighted by atomic mass is 32.2. The molecule has 0 aliphatic rings. The summed E-state index contributed by atoms with van der Waals surface area (Å²) in [5.74, 6) is -0.153. The van der Waals surface area contributed by atoms with E-state index in [4.69, 9.17) is 5.14 Å². The second-order valence-corrected chi connectivity index (χ2v) is 4.83. The molecule has 0 bridgehead atoms. The molecule has 0 amide bonds. The van der Waals surface area contributed by atoms with Crippen molar-refractivity contribution in [2.45, 2.75) is 11.6 Å². The lowest BCUT2D eigenvalue weighted by Crippen LogP contribution is -2.14. The fourth-order valence-electron chi connectivity index (χ4n) is 1.31. The molecule has 0 saturated carbocycles. The molecule has 1 aromatic heterocycles. The summed E-state index contributed by atoms with van der Waals surface area (Å²) in [6, 6.07) is 6.13. The van der Waals surface area contributed by atoms with Crippen molar-refractivity contribution in [2.24, 2.45) is 5.14 Å². The van der Waals surface area contributed by atoms with E-state index < -0.39 is 15.2 Å². The summed E-state index contributed by atoms with van der Waals surface area (Å²) in [6.07, 6.45) is 0.120. The fourth-order valence-corrected chi connectivity index (χ4v) is 1.72. The third kappa shape index (κ3) is 2.66. The third-order valence-electron chi connectivity index (χ3n) is 2.08. The molecule has 1 aromatic carbocycles. The minimum atomic E-state index is -3.93. The highest BCUT2D eigenvalue weighted by Gasteiger charge is 2.15. The Morgan fingerprint density at radius 1 is 1.35 bits per heavy atom. The molecule has 17 heavy (non-hydrogen) atoms. The molecule has 0 spiro atoms. The van der Waals surface area contributed by atoms with Gasteiger partial charge in [0.15, 0.2) is 0 Å². The van der Waals surface area contributed by atoms with Crippen LogP contribution in [-0.2, 0) is 16.4 Å². The van der Waals surface area contributed by atoms with Crippen LogP contribution >= 0.6 is 0 Å². The highest BCUT2D eigenvalue weighted by Crippen LogP contribution is 2.10. The van der Waals surface area contributed by atoms with Gasteiger partial charge in [0.1, 0.15) is 11.6 Å². The van der Waals surface area contributed by atoms with Gasteiger partial charge in [0, 0.05) is 6.42 Å². The number of hydrogen-bond acceptors (Lipinski definition) is 4. The lowest BCUT2D eigenvalue weighted by molar-refractivity contribution is 0.589. The van der Waals surface area contributed by atoms with E-state index >= 15 is 0 Å². The number of benzene rings is 1. The molecule has 8 heteroatoms. The molecule has 0 radical (unpaired) electrons. The number of rotatable bonds is 3. The van der Waals surface area contributed by atoms with E-state index in [1.54, 1.807) is 18.2 Å². The van der Waals surface area contributed by atoms with Crippen LogP contribution in [0.1, 0.15) is 11.4 Å². The molecular weight excluding hydrogens is 247 g/mol. The number of nitrogens with one attached hydrogen (secondary N) is 1. The second kappa shape index (κ2) is 4.22. The fraction of sp³-hybridized carbons (Fsp3) is 0.111. The zero-order valence-electron chi connectivity index (χ0n) is 8.59. The molecule has 0 fully saturated rings. The molecule has 0 unspecified atom stereocenters. The molecule has 0 aliphatic heterocycles. The molecular formula is C9H9FN4O2S. The molecule has 90 valence electrons. The summed E-state index contributed by atoms with van der Waals surface area (Å²) >= 11 is 0. The number of primary sulfonamides is 1. The highest BCUT2D eigenvalue weighted by molar-refractivity contribution is 7.89. The summed E-state index contributed by atoms with van der Waals surface area (Å²) in [7, 11) is -3.93. The van der Waals surface area contributed by atoms with Crippen molar-refractivity contribution in [2.75, 3.05) is 0 Å². The van der Waals surface area contributed by atoms with Crippen molar-refractivity contribution in [3.63, 3.8) is 0 Å². The van der Waals surface area contributed by atoms with Gasteiger partial charge in [0.2, 0.25) is 0 Å². The minimum Gasteiger partial charge on any atom is -0.262 e. The van der Waals surface area contributed by atoms with Crippen molar-refractivity contribution in [1.29, 1.82) is 0 Å². The van der Waals surface area contributed by atoms with Crippen molar-refractivity contribution in [3.05, 3.63) is 41.5 Å². The zero-order valence-corrected chi connectivity index (χ0v) is 9.41. The average Bonchev–Trinajstić information content (AvgIpc) is 2.69. The van der Waals surface area contributed by atoms with Crippen LogP contribution in [0.25, 0.3) is 0 Å². The van der Waals surface area contributed by atoms with Gasteiger partial charge in [0.05, 0.1) is 0 Å². The Kier molecular flexibility index (Phi) is 2.90. The van der Waals surface area contributed by atoms with Gasteiger partial charge in [-0.3, -0.25) is 5.10 Å². The van der Waals surface area contributed by atoms with Crippen LogP contribution in [0, 0.1) is 5.82 Å². The van der Waals surface area contributed by atoms with Crippen LogP contribution in [0.15, 0.2) is 29.4 Å². The van der Waals surface area contributed by atoms with Crippen LogP contribution < -0.4 is 5.14 Å². The molecule has 0 atom stereocenters. The first-order valence-corrected chi connectivity index (χ1v) is 6.19. The van der Waals surface area contributed by atoms with Crippen LogP contribution in [-0.4, -0.2) is 23.6 Å².